The van der Waals surface area contributed by atoms with Gasteiger partial charge in [0, 0.05) is 35.6 Å². The van der Waals surface area contributed by atoms with Gasteiger partial charge < -0.3 is 9.73 Å². The minimum Gasteiger partial charge on any atom is -0.457 e. The normalized spacial score (nSPS) is 10.9. The van der Waals surface area contributed by atoms with E-state index in [4.69, 9.17) is 16.0 Å². The van der Waals surface area contributed by atoms with Crippen molar-refractivity contribution in [3.8, 4) is 11.3 Å². The Morgan fingerprint density at radius 2 is 1.84 bits per heavy atom. The lowest BCUT2D eigenvalue weighted by molar-refractivity contribution is -0.116. The number of benzene rings is 1. The van der Waals surface area contributed by atoms with Crippen molar-refractivity contribution in [2.24, 2.45) is 0 Å². The molecule has 0 bridgehead atoms. The Balaban J connectivity index is 1.51. The summed E-state index contributed by atoms with van der Waals surface area (Å²) in [6, 6.07) is 15.0. The van der Waals surface area contributed by atoms with Crippen LogP contribution < -0.4 is 5.32 Å². The summed E-state index contributed by atoms with van der Waals surface area (Å²) in [4.78, 5) is 15.8. The number of carbonyl (C=O) groups is 1. The van der Waals surface area contributed by atoms with E-state index < -0.39 is 0 Å². The summed E-state index contributed by atoms with van der Waals surface area (Å²) >= 11 is 5.88. The third kappa shape index (κ3) is 5.06. The van der Waals surface area contributed by atoms with Crippen LogP contribution in [0.1, 0.15) is 11.3 Å². The van der Waals surface area contributed by atoms with E-state index in [-0.39, 0.29) is 5.91 Å². The molecule has 3 aromatic rings. The van der Waals surface area contributed by atoms with Gasteiger partial charge in [-0.25, -0.2) is 0 Å². The van der Waals surface area contributed by atoms with Crippen LogP contribution in [0.2, 0.25) is 5.02 Å². The van der Waals surface area contributed by atoms with Crippen molar-refractivity contribution in [2.45, 2.75) is 6.42 Å². The molecule has 0 aliphatic carbocycles. The second-order valence-electron chi connectivity index (χ2n) is 5.44. The molecule has 1 aromatic carbocycles. The van der Waals surface area contributed by atoms with Gasteiger partial charge in [0.1, 0.15) is 11.5 Å². The summed E-state index contributed by atoms with van der Waals surface area (Å²) in [5.41, 5.74) is 2.07. The Morgan fingerprint density at radius 1 is 1.08 bits per heavy atom. The van der Waals surface area contributed by atoms with E-state index in [0.717, 1.165) is 23.3 Å². The molecule has 0 aliphatic heterocycles. The van der Waals surface area contributed by atoms with E-state index in [2.05, 4.69) is 10.3 Å². The molecule has 0 aliphatic rings. The monoisotopic (exact) mass is 352 g/mol. The predicted molar refractivity (Wildman–Crippen MR) is 99.1 cm³/mol. The average molecular weight is 353 g/mol. The van der Waals surface area contributed by atoms with Crippen LogP contribution in [0.25, 0.3) is 17.4 Å². The van der Waals surface area contributed by atoms with Gasteiger partial charge in [-0.15, -0.1) is 0 Å². The first kappa shape index (κ1) is 17.0. The highest BCUT2D eigenvalue weighted by Crippen LogP contribution is 2.24. The summed E-state index contributed by atoms with van der Waals surface area (Å²) in [6.07, 6.45) is 7.38. The quantitative estimate of drug-likeness (QED) is 0.670. The molecule has 0 saturated carbocycles. The lowest BCUT2D eigenvalue weighted by Crippen LogP contribution is -2.23. The lowest BCUT2D eigenvalue weighted by atomic mass is 10.2. The molecule has 0 radical (unpaired) electrons. The topological polar surface area (TPSA) is 55.1 Å². The van der Waals surface area contributed by atoms with Crippen molar-refractivity contribution in [3.05, 3.63) is 83.3 Å². The molecule has 1 amide bonds. The van der Waals surface area contributed by atoms with Gasteiger partial charge in [0.15, 0.2) is 0 Å². The minimum absolute atomic E-state index is 0.154. The van der Waals surface area contributed by atoms with Gasteiger partial charge >= 0.3 is 0 Å². The molecule has 5 heteroatoms. The van der Waals surface area contributed by atoms with Gasteiger partial charge in [-0.05, 0) is 66.6 Å². The molecule has 0 spiro atoms. The molecule has 126 valence electrons. The molecule has 0 unspecified atom stereocenters. The number of nitrogens with one attached hydrogen (secondary N) is 1. The zero-order valence-electron chi connectivity index (χ0n) is 13.5. The molecule has 3 rings (SSSR count). The SMILES string of the molecule is O=C(/C=C/c1ccc(-c2ccc(Cl)cc2)o1)NCCc1ccncc1. The maximum Gasteiger partial charge on any atom is 0.244 e. The fraction of sp³-hybridized carbons (Fsp3) is 0.100. The van der Waals surface area contributed by atoms with E-state index in [1.807, 2.05) is 48.5 Å². The van der Waals surface area contributed by atoms with Crippen molar-refractivity contribution in [1.29, 1.82) is 0 Å². The van der Waals surface area contributed by atoms with Crippen LogP contribution in [0.3, 0.4) is 0 Å². The number of rotatable bonds is 6. The highest BCUT2D eigenvalue weighted by Gasteiger charge is 2.03. The van der Waals surface area contributed by atoms with E-state index in [1.165, 1.54) is 6.08 Å². The smallest absolute Gasteiger partial charge is 0.244 e. The minimum atomic E-state index is -0.154. The van der Waals surface area contributed by atoms with Gasteiger partial charge in [-0.2, -0.15) is 0 Å². The second-order valence-corrected chi connectivity index (χ2v) is 5.88. The highest BCUT2D eigenvalue weighted by atomic mass is 35.5. The Kier molecular flexibility index (Phi) is 5.65. The summed E-state index contributed by atoms with van der Waals surface area (Å²) in [5.74, 6) is 1.20. The van der Waals surface area contributed by atoms with Crippen molar-refractivity contribution in [2.75, 3.05) is 6.54 Å². The molecule has 25 heavy (non-hydrogen) atoms. The number of furan rings is 1. The molecular formula is C20H17ClN2O2. The first-order valence-electron chi connectivity index (χ1n) is 7.91. The van der Waals surface area contributed by atoms with Gasteiger partial charge in [0.25, 0.3) is 0 Å². The maximum absolute atomic E-state index is 11.9. The van der Waals surface area contributed by atoms with Crippen molar-refractivity contribution < 1.29 is 9.21 Å². The van der Waals surface area contributed by atoms with Gasteiger partial charge in [0.2, 0.25) is 5.91 Å². The number of amides is 1. The highest BCUT2D eigenvalue weighted by molar-refractivity contribution is 6.30. The first-order valence-corrected chi connectivity index (χ1v) is 8.29. The summed E-state index contributed by atoms with van der Waals surface area (Å²) < 4.78 is 5.72. The average Bonchev–Trinajstić information content (AvgIpc) is 3.10. The first-order chi connectivity index (χ1) is 12.2. The number of aromatic nitrogens is 1. The Hall–Kier alpha value is -2.85. The summed E-state index contributed by atoms with van der Waals surface area (Å²) in [6.45, 7) is 0.571. The third-order valence-corrected chi connectivity index (χ3v) is 3.87. The van der Waals surface area contributed by atoms with E-state index in [0.29, 0.717) is 17.3 Å². The zero-order chi connectivity index (χ0) is 17.5. The van der Waals surface area contributed by atoms with Crippen molar-refractivity contribution in [3.63, 3.8) is 0 Å². The molecule has 1 N–H and O–H groups in total. The summed E-state index contributed by atoms with van der Waals surface area (Å²) in [7, 11) is 0. The molecule has 0 saturated heterocycles. The molecule has 2 aromatic heterocycles. The Bertz CT molecular complexity index is 855. The second kappa shape index (κ2) is 8.31. The molecule has 0 atom stereocenters. The lowest BCUT2D eigenvalue weighted by Gasteiger charge is -2.01. The largest absolute Gasteiger partial charge is 0.457 e. The molecule has 2 heterocycles. The van der Waals surface area contributed by atoms with Crippen LogP contribution >= 0.6 is 11.6 Å². The predicted octanol–water partition coefficient (Wildman–Crippen LogP) is 4.37. The number of hydrogen-bond donors (Lipinski definition) is 1. The Labute approximate surface area is 151 Å². The van der Waals surface area contributed by atoms with E-state index in [1.54, 1.807) is 18.5 Å². The number of hydrogen-bond acceptors (Lipinski definition) is 3. The van der Waals surface area contributed by atoms with Gasteiger partial charge in [-0.1, -0.05) is 11.6 Å². The van der Waals surface area contributed by atoms with E-state index >= 15 is 0 Å². The van der Waals surface area contributed by atoms with Crippen LogP contribution in [-0.4, -0.2) is 17.4 Å². The standard InChI is InChI=1S/C20H17ClN2O2/c21-17-3-1-16(2-4-17)19-7-5-18(25-19)6-8-20(24)23-14-11-15-9-12-22-13-10-15/h1-10,12-13H,11,14H2,(H,23,24)/b8-6+. The number of nitrogens with zero attached hydrogens (tertiary/aromatic N) is 1. The summed E-state index contributed by atoms with van der Waals surface area (Å²) in [5, 5.41) is 3.52. The van der Waals surface area contributed by atoms with Gasteiger partial charge in [0.05, 0.1) is 0 Å². The molecular weight excluding hydrogens is 336 g/mol. The van der Waals surface area contributed by atoms with Crippen LogP contribution in [0.4, 0.5) is 0 Å². The number of carbonyl (C=O) groups excluding carboxylic acids is 1. The van der Waals surface area contributed by atoms with Crippen molar-refractivity contribution in [1.82, 2.24) is 10.3 Å². The van der Waals surface area contributed by atoms with Crippen molar-refractivity contribution >= 4 is 23.6 Å². The van der Waals surface area contributed by atoms with E-state index in [9.17, 15) is 4.79 Å². The number of halogens is 1. The van der Waals surface area contributed by atoms with Crippen LogP contribution in [0.15, 0.2) is 71.4 Å². The Morgan fingerprint density at radius 3 is 2.60 bits per heavy atom. The fourth-order valence-corrected chi connectivity index (χ4v) is 2.43. The van der Waals surface area contributed by atoms with Crippen LogP contribution in [0.5, 0.6) is 0 Å². The molecule has 4 nitrogen and oxygen atoms in total. The fourth-order valence-electron chi connectivity index (χ4n) is 2.31. The van der Waals surface area contributed by atoms with Gasteiger partial charge in [-0.3, -0.25) is 9.78 Å². The van der Waals surface area contributed by atoms with Crippen LogP contribution in [-0.2, 0) is 11.2 Å². The maximum atomic E-state index is 11.9. The molecule has 0 fully saturated rings. The van der Waals surface area contributed by atoms with Crippen LogP contribution in [0, 0.1) is 0 Å². The number of pyridine rings is 1. The zero-order valence-corrected chi connectivity index (χ0v) is 14.2. The third-order valence-electron chi connectivity index (χ3n) is 3.62.